The van der Waals surface area contributed by atoms with E-state index in [4.69, 9.17) is 9.47 Å². The fraction of sp³-hybridized carbons (Fsp3) is 0.436. The van der Waals surface area contributed by atoms with Crippen LogP contribution in [-0.4, -0.2) is 126 Å². The number of H-pyrrole nitrogens is 1. The normalized spacial score (nSPS) is 29.5. The number of carbonyl (C=O) groups excluding carboxylic acids is 4. The fourth-order valence-electron chi connectivity index (χ4n) is 9.13. The van der Waals surface area contributed by atoms with E-state index in [9.17, 15) is 44.1 Å². The number of carboxylic acid groups (broad SMARTS) is 2. The quantitative estimate of drug-likeness (QED) is 0.185. The minimum Gasteiger partial charge on any atom is -0.481 e. The predicted octanol–water partition coefficient (Wildman–Crippen LogP) is 1.22. The number of aliphatic hydroxyl groups is 1. The zero-order valence-electron chi connectivity index (χ0n) is 30.2. The smallest absolute Gasteiger partial charge is 0.336 e. The van der Waals surface area contributed by atoms with Crippen molar-refractivity contribution in [3.63, 3.8) is 0 Å². The standard InChI is InChI=1S/C39H41N5O11/c1-37(41-33(48)23-15-25-24-10-6-11-26-32(24)22(19-40-26)16-27(25)42(2)20-23)35(50)44-28(14-21-8-4-3-5-9-21)34(49)43-13-7-12-29(43)39(44,55-37)54-31(47)18-38(53,36(51)52)17-30(45)46/h3-6,8-11,15,19,23,27-29,40,53H,7,12-14,16-18,20H2,1-2H3,(H,41,48)(H,45,46)(H,51,52)/t23-,27-,28+,29+,37-,38?,39+/m1/s1. The molecule has 1 unspecified atom stereocenters. The molecule has 0 radical (unpaired) electrons. The highest BCUT2D eigenvalue weighted by atomic mass is 16.8. The first-order valence-corrected chi connectivity index (χ1v) is 18.3. The molecule has 0 bridgehead atoms. The molecule has 1 aliphatic carbocycles. The van der Waals surface area contributed by atoms with E-state index < -0.39 is 83.7 Å². The van der Waals surface area contributed by atoms with Crippen molar-refractivity contribution >= 4 is 52.1 Å². The van der Waals surface area contributed by atoms with Gasteiger partial charge in [-0.25, -0.2) is 4.79 Å². The molecule has 288 valence electrons. The number of nitrogens with one attached hydrogen (secondary N) is 2. The van der Waals surface area contributed by atoms with Gasteiger partial charge in [-0.05, 0) is 61.6 Å². The molecule has 3 saturated heterocycles. The summed E-state index contributed by atoms with van der Waals surface area (Å²) in [6.07, 6.45) is 2.66. The largest absolute Gasteiger partial charge is 0.481 e. The fourth-order valence-corrected chi connectivity index (χ4v) is 9.13. The van der Waals surface area contributed by atoms with Crippen molar-refractivity contribution in [2.75, 3.05) is 20.1 Å². The Morgan fingerprint density at radius 1 is 1.07 bits per heavy atom. The second-order valence-corrected chi connectivity index (χ2v) is 15.3. The summed E-state index contributed by atoms with van der Waals surface area (Å²) in [5.74, 6) is -10.0. The summed E-state index contributed by atoms with van der Waals surface area (Å²) in [6, 6.07) is 12.5. The number of fused-ring (bicyclic) bond motifs is 5. The van der Waals surface area contributed by atoms with E-state index in [0.717, 1.165) is 33.4 Å². The van der Waals surface area contributed by atoms with Crippen molar-refractivity contribution in [2.45, 2.75) is 80.8 Å². The van der Waals surface area contributed by atoms with Crippen LogP contribution in [0.1, 0.15) is 49.3 Å². The Morgan fingerprint density at radius 3 is 2.56 bits per heavy atom. The Morgan fingerprint density at radius 2 is 1.84 bits per heavy atom. The molecule has 5 N–H and O–H groups in total. The number of aliphatic carboxylic acids is 2. The number of amides is 3. The molecule has 16 nitrogen and oxygen atoms in total. The van der Waals surface area contributed by atoms with Gasteiger partial charge in [0.25, 0.3) is 5.91 Å². The number of piperazine rings is 1. The van der Waals surface area contributed by atoms with Crippen LogP contribution in [0.4, 0.5) is 0 Å². The van der Waals surface area contributed by atoms with Crippen molar-refractivity contribution in [2.24, 2.45) is 5.92 Å². The zero-order chi connectivity index (χ0) is 39.0. The van der Waals surface area contributed by atoms with E-state index in [1.54, 1.807) is 30.3 Å². The monoisotopic (exact) mass is 755 g/mol. The molecule has 3 aromatic rings. The van der Waals surface area contributed by atoms with E-state index in [1.165, 1.54) is 17.4 Å². The van der Waals surface area contributed by atoms with Crippen LogP contribution in [0.15, 0.2) is 60.8 Å². The number of aromatic nitrogens is 1. The number of esters is 1. The van der Waals surface area contributed by atoms with Gasteiger partial charge in [0.15, 0.2) is 5.60 Å². The van der Waals surface area contributed by atoms with Crippen LogP contribution in [-0.2, 0) is 51.1 Å². The highest BCUT2D eigenvalue weighted by molar-refractivity contribution is 6.01. The molecule has 55 heavy (non-hydrogen) atoms. The minimum atomic E-state index is -3.06. The number of hydrogen-bond acceptors (Lipinski definition) is 10. The van der Waals surface area contributed by atoms with Crippen molar-refractivity contribution in [1.82, 2.24) is 25.0 Å². The molecule has 5 aliphatic rings. The first-order chi connectivity index (χ1) is 26.1. The Hall–Kier alpha value is -5.58. The maximum Gasteiger partial charge on any atom is 0.336 e. The first-order valence-electron chi connectivity index (χ1n) is 18.3. The number of benzene rings is 2. The maximum absolute atomic E-state index is 14.8. The van der Waals surface area contributed by atoms with Crippen LogP contribution in [0.2, 0.25) is 0 Å². The maximum atomic E-state index is 14.8. The molecular weight excluding hydrogens is 714 g/mol. The van der Waals surface area contributed by atoms with E-state index in [1.807, 2.05) is 37.5 Å². The van der Waals surface area contributed by atoms with Crippen molar-refractivity contribution in [3.05, 3.63) is 77.5 Å². The van der Waals surface area contributed by atoms with Crippen molar-refractivity contribution in [1.29, 1.82) is 0 Å². The van der Waals surface area contributed by atoms with E-state index in [2.05, 4.69) is 15.2 Å². The van der Waals surface area contributed by atoms with Crippen LogP contribution in [0, 0.1) is 5.92 Å². The van der Waals surface area contributed by atoms with Gasteiger partial charge >= 0.3 is 23.8 Å². The number of hydrogen-bond donors (Lipinski definition) is 5. The van der Waals surface area contributed by atoms with Gasteiger partial charge in [-0.3, -0.25) is 38.5 Å². The summed E-state index contributed by atoms with van der Waals surface area (Å²) in [5, 5.41) is 33.6. The number of rotatable bonds is 10. The van der Waals surface area contributed by atoms with Gasteiger partial charge in [-0.2, -0.15) is 0 Å². The van der Waals surface area contributed by atoms with Gasteiger partial charge in [0.2, 0.25) is 17.5 Å². The van der Waals surface area contributed by atoms with Crippen LogP contribution in [0.3, 0.4) is 0 Å². The molecule has 0 saturated carbocycles. The SMILES string of the molecule is CN1C[C@H](C(=O)N[C@]2(C)O[C@@]3(OC(=O)CC(O)(CC(=O)O)C(=O)O)[C@@H]4CCCN4C(=O)[C@H](Cc4ccccc4)N3C2=O)C=C2c3cccc4[nH]cc(c34)C[C@H]21. The Balaban J connectivity index is 1.16. The van der Waals surface area contributed by atoms with E-state index in [-0.39, 0.29) is 25.4 Å². The molecule has 2 aromatic carbocycles. The molecule has 8 rings (SSSR count). The summed E-state index contributed by atoms with van der Waals surface area (Å²) in [6.45, 7) is 1.87. The third-order valence-corrected chi connectivity index (χ3v) is 11.6. The van der Waals surface area contributed by atoms with Crippen molar-refractivity contribution < 1.29 is 53.6 Å². The first kappa shape index (κ1) is 36.4. The second kappa shape index (κ2) is 13.0. The lowest BCUT2D eigenvalue weighted by Gasteiger charge is -2.50. The average Bonchev–Trinajstić information content (AvgIpc) is 3.84. The zero-order valence-corrected chi connectivity index (χ0v) is 30.2. The molecule has 1 aromatic heterocycles. The molecule has 16 heteroatoms. The summed E-state index contributed by atoms with van der Waals surface area (Å²) in [5.41, 5.74) is -0.432. The predicted molar refractivity (Wildman–Crippen MR) is 191 cm³/mol. The summed E-state index contributed by atoms with van der Waals surface area (Å²) in [7, 11) is 1.93. The van der Waals surface area contributed by atoms with Crippen LogP contribution in [0.5, 0.6) is 0 Å². The lowest BCUT2D eigenvalue weighted by Crippen LogP contribution is -2.73. The van der Waals surface area contributed by atoms with Crippen LogP contribution >= 0.6 is 0 Å². The average molecular weight is 756 g/mol. The summed E-state index contributed by atoms with van der Waals surface area (Å²) < 4.78 is 12.5. The Kier molecular flexibility index (Phi) is 8.62. The van der Waals surface area contributed by atoms with Crippen molar-refractivity contribution in [3.8, 4) is 0 Å². The molecule has 3 amide bonds. The molecule has 0 spiro atoms. The van der Waals surface area contributed by atoms with Gasteiger partial charge in [0, 0.05) is 42.7 Å². The third-order valence-electron chi connectivity index (χ3n) is 11.6. The van der Waals surface area contributed by atoms with Crippen LogP contribution in [0.25, 0.3) is 16.5 Å². The highest BCUT2D eigenvalue weighted by Gasteiger charge is 2.73. The summed E-state index contributed by atoms with van der Waals surface area (Å²) in [4.78, 5) is 88.5. The van der Waals surface area contributed by atoms with Gasteiger partial charge < -0.3 is 35.3 Å². The second-order valence-electron chi connectivity index (χ2n) is 15.3. The number of carbonyl (C=O) groups is 6. The molecule has 7 atom stereocenters. The topological polar surface area (TPSA) is 219 Å². The van der Waals surface area contributed by atoms with Crippen LogP contribution < -0.4 is 5.32 Å². The number of ether oxygens (including phenoxy) is 2. The summed E-state index contributed by atoms with van der Waals surface area (Å²) >= 11 is 0. The van der Waals surface area contributed by atoms with Gasteiger partial charge in [-0.15, -0.1) is 0 Å². The van der Waals surface area contributed by atoms with Gasteiger partial charge in [-0.1, -0.05) is 48.5 Å². The number of nitrogens with zero attached hydrogens (tertiary/aromatic N) is 3. The lowest BCUT2D eigenvalue weighted by molar-refractivity contribution is -0.322. The lowest BCUT2D eigenvalue weighted by atomic mass is 9.79. The Labute approximate surface area is 314 Å². The molecular formula is C39H41N5O11. The number of carboxylic acids is 2. The number of likely N-dealkylation sites (N-methyl/N-ethyl adjacent to an activating group) is 1. The molecule has 4 aliphatic heterocycles. The molecule has 3 fully saturated rings. The number of aromatic amines is 1. The highest BCUT2D eigenvalue weighted by Crippen LogP contribution is 2.49. The van der Waals surface area contributed by atoms with Gasteiger partial charge in [0.05, 0.1) is 18.8 Å². The van der Waals surface area contributed by atoms with E-state index >= 15 is 0 Å². The molecule has 5 heterocycles. The minimum absolute atomic E-state index is 0.0123. The Bertz CT molecular complexity index is 2170. The third kappa shape index (κ3) is 5.86. The van der Waals surface area contributed by atoms with E-state index in [0.29, 0.717) is 18.5 Å². The van der Waals surface area contributed by atoms with Gasteiger partial charge in [0.1, 0.15) is 12.1 Å².